The van der Waals surface area contributed by atoms with Crippen molar-refractivity contribution in [1.29, 1.82) is 0 Å². The molecule has 0 radical (unpaired) electrons. The van der Waals surface area contributed by atoms with Crippen molar-refractivity contribution in [1.82, 2.24) is 10.6 Å². The maximum atomic E-state index is 5.42. The van der Waals surface area contributed by atoms with Crippen molar-refractivity contribution in [2.24, 2.45) is 11.5 Å². The van der Waals surface area contributed by atoms with Gasteiger partial charge in [-0.3, -0.25) is 0 Å². The van der Waals surface area contributed by atoms with Crippen molar-refractivity contribution in [3.8, 4) is 0 Å². The maximum absolute atomic E-state index is 5.42. The molecule has 0 unspecified atom stereocenters. The summed E-state index contributed by atoms with van der Waals surface area (Å²) >= 11 is 0. The molecule has 0 amide bonds. The van der Waals surface area contributed by atoms with Crippen LogP contribution in [0.1, 0.15) is 32.6 Å². The Balaban J connectivity index is 3.06. The highest BCUT2D eigenvalue weighted by atomic mass is 14.9. The molecule has 0 heterocycles. The fourth-order valence-corrected chi connectivity index (χ4v) is 1.44. The molecule has 0 bridgehead atoms. The van der Waals surface area contributed by atoms with E-state index in [9.17, 15) is 0 Å². The minimum absolute atomic E-state index is 0.604. The molecule has 0 saturated carbocycles. The first-order valence-electron chi connectivity index (χ1n) is 6.15. The van der Waals surface area contributed by atoms with Gasteiger partial charge in [-0.05, 0) is 65.3 Å². The summed E-state index contributed by atoms with van der Waals surface area (Å²) in [5, 5.41) is 6.84. The number of hydrogen-bond acceptors (Lipinski definition) is 4. The highest BCUT2D eigenvalue weighted by molar-refractivity contribution is 4.61. The molecule has 0 saturated heterocycles. The zero-order chi connectivity index (χ0) is 11.4. The number of hydrogen-bond donors (Lipinski definition) is 4. The zero-order valence-electron chi connectivity index (χ0n) is 10.1. The molecule has 0 aliphatic heterocycles. The Labute approximate surface area is 94.2 Å². The van der Waals surface area contributed by atoms with Gasteiger partial charge in [-0.15, -0.1) is 0 Å². The van der Waals surface area contributed by atoms with Gasteiger partial charge in [0, 0.05) is 6.04 Å². The van der Waals surface area contributed by atoms with E-state index in [1.54, 1.807) is 0 Å². The van der Waals surface area contributed by atoms with Crippen LogP contribution < -0.4 is 22.1 Å². The van der Waals surface area contributed by atoms with E-state index in [-0.39, 0.29) is 0 Å². The van der Waals surface area contributed by atoms with Gasteiger partial charge >= 0.3 is 0 Å². The average molecular weight is 216 g/mol. The predicted molar refractivity (Wildman–Crippen MR) is 66.9 cm³/mol. The van der Waals surface area contributed by atoms with E-state index in [1.165, 1.54) is 12.8 Å². The average Bonchev–Trinajstić information content (AvgIpc) is 2.23. The van der Waals surface area contributed by atoms with Crippen molar-refractivity contribution in [3.05, 3.63) is 0 Å². The molecular weight excluding hydrogens is 188 g/mol. The molecule has 0 aliphatic carbocycles. The van der Waals surface area contributed by atoms with Crippen molar-refractivity contribution in [2.45, 2.75) is 38.6 Å². The van der Waals surface area contributed by atoms with Crippen LogP contribution in [0.25, 0.3) is 0 Å². The van der Waals surface area contributed by atoms with Gasteiger partial charge in [0.05, 0.1) is 0 Å². The smallest absolute Gasteiger partial charge is 0.00392 e. The van der Waals surface area contributed by atoms with E-state index >= 15 is 0 Å². The first kappa shape index (κ1) is 14.8. The summed E-state index contributed by atoms with van der Waals surface area (Å²) in [5.41, 5.74) is 10.8. The van der Waals surface area contributed by atoms with Crippen LogP contribution in [0.3, 0.4) is 0 Å². The lowest BCUT2D eigenvalue weighted by Crippen LogP contribution is -2.29. The van der Waals surface area contributed by atoms with Crippen molar-refractivity contribution < 1.29 is 0 Å². The summed E-state index contributed by atoms with van der Waals surface area (Å²) in [6.45, 7) is 6.98. The minimum atomic E-state index is 0.604. The van der Waals surface area contributed by atoms with Crippen LogP contribution in [0, 0.1) is 0 Å². The van der Waals surface area contributed by atoms with Crippen molar-refractivity contribution in [3.63, 3.8) is 0 Å². The van der Waals surface area contributed by atoms with Crippen molar-refractivity contribution in [2.75, 3.05) is 32.7 Å². The number of nitrogens with two attached hydrogens (primary N) is 2. The summed E-state index contributed by atoms with van der Waals surface area (Å²) < 4.78 is 0. The van der Waals surface area contributed by atoms with Crippen LogP contribution >= 0.6 is 0 Å². The van der Waals surface area contributed by atoms with E-state index in [0.29, 0.717) is 6.04 Å². The van der Waals surface area contributed by atoms with Gasteiger partial charge < -0.3 is 22.1 Å². The molecule has 0 aromatic rings. The van der Waals surface area contributed by atoms with Gasteiger partial charge in [0.25, 0.3) is 0 Å². The monoisotopic (exact) mass is 216 g/mol. The predicted octanol–water partition coefficient (Wildman–Crippen LogP) is 0.0319. The summed E-state index contributed by atoms with van der Waals surface area (Å²) in [6, 6.07) is 0.604. The first-order chi connectivity index (χ1) is 7.31. The van der Waals surface area contributed by atoms with E-state index in [4.69, 9.17) is 11.5 Å². The molecule has 92 valence electrons. The summed E-state index contributed by atoms with van der Waals surface area (Å²) in [6.07, 6.45) is 4.59. The molecule has 0 rings (SSSR count). The molecule has 6 N–H and O–H groups in total. The fraction of sp³-hybridized carbons (Fsp3) is 1.00. The largest absolute Gasteiger partial charge is 0.330 e. The Morgan fingerprint density at radius 3 is 2.20 bits per heavy atom. The van der Waals surface area contributed by atoms with Crippen LogP contribution in [-0.2, 0) is 0 Å². The molecular formula is C11H28N4. The second-order valence-corrected chi connectivity index (χ2v) is 4.03. The van der Waals surface area contributed by atoms with Crippen molar-refractivity contribution >= 4 is 0 Å². The highest BCUT2D eigenvalue weighted by Gasteiger charge is 1.99. The van der Waals surface area contributed by atoms with Gasteiger partial charge in [-0.25, -0.2) is 0 Å². The third kappa shape index (κ3) is 11.8. The van der Waals surface area contributed by atoms with E-state index in [2.05, 4.69) is 17.6 Å². The quantitative estimate of drug-likeness (QED) is 0.368. The second-order valence-electron chi connectivity index (χ2n) is 4.03. The third-order valence-electron chi connectivity index (χ3n) is 2.42. The molecule has 1 atom stereocenters. The van der Waals surface area contributed by atoms with E-state index < -0.39 is 0 Å². The standard InChI is InChI=1S/C11H28N4/c1-11(15-10-4-7-13)5-2-8-14-9-3-6-12/h11,14-15H,2-10,12-13H2,1H3/t11-/m0/s1. The molecule has 0 aliphatic rings. The second kappa shape index (κ2) is 11.9. The topological polar surface area (TPSA) is 76.1 Å². The molecule has 15 heavy (non-hydrogen) atoms. The highest BCUT2D eigenvalue weighted by Crippen LogP contribution is 1.95. The van der Waals surface area contributed by atoms with Gasteiger partial charge in [0.1, 0.15) is 0 Å². The van der Waals surface area contributed by atoms with Gasteiger partial charge in [-0.2, -0.15) is 0 Å². The molecule has 0 fully saturated rings. The van der Waals surface area contributed by atoms with E-state index in [1.807, 2.05) is 0 Å². The number of rotatable bonds is 11. The van der Waals surface area contributed by atoms with Crippen LogP contribution in [0.5, 0.6) is 0 Å². The maximum Gasteiger partial charge on any atom is 0.00392 e. The first-order valence-corrected chi connectivity index (χ1v) is 6.15. The van der Waals surface area contributed by atoms with Gasteiger partial charge in [0.2, 0.25) is 0 Å². The summed E-state index contributed by atoms with van der Waals surface area (Å²) in [7, 11) is 0. The van der Waals surface area contributed by atoms with Crippen LogP contribution in [0.4, 0.5) is 0 Å². The molecule has 0 aromatic heterocycles. The Kier molecular flexibility index (Phi) is 11.8. The summed E-state index contributed by atoms with van der Waals surface area (Å²) in [4.78, 5) is 0. The SMILES string of the molecule is C[C@@H](CCCNCCCN)NCCCN. The lowest BCUT2D eigenvalue weighted by molar-refractivity contribution is 0.482. The van der Waals surface area contributed by atoms with Gasteiger partial charge in [-0.1, -0.05) is 0 Å². The Morgan fingerprint density at radius 2 is 1.53 bits per heavy atom. The zero-order valence-corrected chi connectivity index (χ0v) is 10.1. The normalized spacial score (nSPS) is 13.0. The van der Waals surface area contributed by atoms with Gasteiger partial charge in [0.15, 0.2) is 0 Å². The fourth-order valence-electron chi connectivity index (χ4n) is 1.44. The minimum Gasteiger partial charge on any atom is -0.330 e. The Bertz CT molecular complexity index is 119. The third-order valence-corrected chi connectivity index (χ3v) is 2.42. The van der Waals surface area contributed by atoms with Crippen LogP contribution in [0.2, 0.25) is 0 Å². The van der Waals surface area contributed by atoms with Crippen LogP contribution in [0.15, 0.2) is 0 Å². The molecule has 0 aromatic carbocycles. The lowest BCUT2D eigenvalue weighted by atomic mass is 10.2. The lowest BCUT2D eigenvalue weighted by Gasteiger charge is -2.13. The van der Waals surface area contributed by atoms with E-state index in [0.717, 1.165) is 45.6 Å². The summed E-state index contributed by atoms with van der Waals surface area (Å²) in [5.74, 6) is 0. The Hall–Kier alpha value is -0.160. The molecule has 4 heteroatoms. The number of nitrogens with one attached hydrogen (secondary N) is 2. The molecule has 4 nitrogen and oxygen atoms in total. The Morgan fingerprint density at radius 1 is 0.933 bits per heavy atom. The molecule has 0 spiro atoms. The van der Waals surface area contributed by atoms with Crippen LogP contribution in [-0.4, -0.2) is 38.8 Å².